The molecule has 0 aliphatic rings. The molecule has 3 aromatic rings. The molecule has 0 radical (unpaired) electrons. The van der Waals surface area contributed by atoms with Crippen LogP contribution in [0.15, 0.2) is 36.4 Å². The van der Waals surface area contributed by atoms with Crippen molar-refractivity contribution in [2.75, 3.05) is 5.32 Å². The summed E-state index contributed by atoms with van der Waals surface area (Å²) >= 11 is 0. The van der Waals surface area contributed by atoms with Crippen molar-refractivity contribution in [3.8, 4) is 0 Å². The van der Waals surface area contributed by atoms with Crippen LogP contribution in [0.3, 0.4) is 0 Å². The molecule has 0 saturated heterocycles. The van der Waals surface area contributed by atoms with Gasteiger partial charge >= 0.3 is 0 Å². The Balaban J connectivity index is 1.91. The Hall–Kier alpha value is -2.69. The van der Waals surface area contributed by atoms with Crippen LogP contribution in [0.5, 0.6) is 0 Å². The van der Waals surface area contributed by atoms with E-state index in [2.05, 4.69) is 29.5 Å². The van der Waals surface area contributed by atoms with Crippen molar-refractivity contribution in [3.63, 3.8) is 0 Å². The largest absolute Gasteiger partial charge is 0.322 e. The summed E-state index contributed by atoms with van der Waals surface area (Å²) in [6.45, 7) is 8.13. The van der Waals surface area contributed by atoms with Gasteiger partial charge in [0.1, 0.15) is 5.52 Å². The van der Waals surface area contributed by atoms with E-state index < -0.39 is 0 Å². The number of nitrogens with zero attached hydrogens (tertiary/aromatic N) is 3. The summed E-state index contributed by atoms with van der Waals surface area (Å²) in [4.78, 5) is 12.5. The molecule has 1 amide bonds. The first kappa shape index (κ1) is 15.2. The van der Waals surface area contributed by atoms with Crippen molar-refractivity contribution in [2.24, 2.45) is 0 Å². The second kappa shape index (κ2) is 5.83. The Morgan fingerprint density at radius 3 is 2.70 bits per heavy atom. The molecule has 1 heterocycles. The number of aryl methyl sites for hydroxylation is 1. The highest BCUT2D eigenvalue weighted by Gasteiger charge is 2.12. The molecule has 0 saturated carbocycles. The SMILES string of the molecule is Cc1cccc(NC(=O)c2ccc3c(c2)nnn3C(C)C)c1C. The topological polar surface area (TPSA) is 59.8 Å². The van der Waals surface area contributed by atoms with Gasteiger partial charge < -0.3 is 5.32 Å². The number of rotatable bonds is 3. The second-order valence-electron chi connectivity index (χ2n) is 6.03. The zero-order chi connectivity index (χ0) is 16.6. The van der Waals surface area contributed by atoms with Crippen molar-refractivity contribution in [3.05, 3.63) is 53.1 Å². The monoisotopic (exact) mass is 308 g/mol. The normalized spacial score (nSPS) is 11.2. The Morgan fingerprint density at radius 2 is 1.96 bits per heavy atom. The Morgan fingerprint density at radius 1 is 1.17 bits per heavy atom. The lowest BCUT2D eigenvalue weighted by Crippen LogP contribution is -2.13. The summed E-state index contributed by atoms with van der Waals surface area (Å²) in [6.07, 6.45) is 0. The molecule has 0 atom stereocenters. The van der Waals surface area contributed by atoms with E-state index in [-0.39, 0.29) is 11.9 Å². The molecule has 0 aliphatic carbocycles. The number of anilines is 1. The van der Waals surface area contributed by atoms with Gasteiger partial charge in [0.25, 0.3) is 5.91 Å². The second-order valence-corrected chi connectivity index (χ2v) is 6.03. The number of hydrogen-bond donors (Lipinski definition) is 1. The van der Waals surface area contributed by atoms with Crippen LogP contribution in [0.4, 0.5) is 5.69 Å². The molecule has 0 bridgehead atoms. The molecule has 5 nitrogen and oxygen atoms in total. The zero-order valence-electron chi connectivity index (χ0n) is 13.8. The number of nitrogens with one attached hydrogen (secondary N) is 1. The van der Waals surface area contributed by atoms with Gasteiger partial charge in [0.2, 0.25) is 0 Å². The lowest BCUT2D eigenvalue weighted by Gasteiger charge is -2.10. The first-order valence-electron chi connectivity index (χ1n) is 7.70. The summed E-state index contributed by atoms with van der Waals surface area (Å²) < 4.78 is 1.85. The van der Waals surface area contributed by atoms with Crippen LogP contribution >= 0.6 is 0 Å². The van der Waals surface area contributed by atoms with Crippen LogP contribution in [-0.4, -0.2) is 20.9 Å². The van der Waals surface area contributed by atoms with Crippen LogP contribution in [0, 0.1) is 13.8 Å². The van der Waals surface area contributed by atoms with Crippen LogP contribution in [0.1, 0.15) is 41.4 Å². The number of amides is 1. The predicted molar refractivity (Wildman–Crippen MR) is 91.8 cm³/mol. The molecule has 1 N–H and O–H groups in total. The van der Waals surface area contributed by atoms with E-state index in [4.69, 9.17) is 0 Å². The van der Waals surface area contributed by atoms with E-state index in [1.54, 1.807) is 6.07 Å². The number of hydrogen-bond acceptors (Lipinski definition) is 3. The van der Waals surface area contributed by atoms with Crippen molar-refractivity contribution in [1.29, 1.82) is 0 Å². The fourth-order valence-electron chi connectivity index (χ4n) is 2.55. The van der Waals surface area contributed by atoms with Crippen molar-refractivity contribution >= 4 is 22.6 Å². The zero-order valence-corrected chi connectivity index (χ0v) is 13.8. The van der Waals surface area contributed by atoms with Gasteiger partial charge in [0.15, 0.2) is 0 Å². The van der Waals surface area contributed by atoms with Crippen molar-refractivity contribution in [2.45, 2.75) is 33.7 Å². The fourth-order valence-corrected chi connectivity index (χ4v) is 2.55. The maximum atomic E-state index is 12.5. The minimum Gasteiger partial charge on any atom is -0.322 e. The van der Waals surface area contributed by atoms with Crippen molar-refractivity contribution < 1.29 is 4.79 Å². The Bertz CT molecular complexity index is 880. The van der Waals surface area contributed by atoms with E-state index in [9.17, 15) is 4.79 Å². The average Bonchev–Trinajstić information content (AvgIpc) is 2.95. The minimum atomic E-state index is -0.139. The summed E-state index contributed by atoms with van der Waals surface area (Å²) in [7, 11) is 0. The van der Waals surface area contributed by atoms with E-state index >= 15 is 0 Å². The third-order valence-electron chi connectivity index (χ3n) is 4.08. The molecule has 0 spiro atoms. The lowest BCUT2D eigenvalue weighted by molar-refractivity contribution is 0.102. The van der Waals surface area contributed by atoms with Gasteiger partial charge in [-0.2, -0.15) is 0 Å². The highest BCUT2D eigenvalue weighted by atomic mass is 16.1. The van der Waals surface area contributed by atoms with Crippen LogP contribution in [0.2, 0.25) is 0 Å². The smallest absolute Gasteiger partial charge is 0.255 e. The number of benzene rings is 2. The molecule has 5 heteroatoms. The maximum absolute atomic E-state index is 12.5. The molecule has 0 fully saturated rings. The minimum absolute atomic E-state index is 0.139. The first-order valence-corrected chi connectivity index (χ1v) is 7.70. The quantitative estimate of drug-likeness (QED) is 0.798. The van der Waals surface area contributed by atoms with E-state index in [1.165, 1.54) is 0 Å². The number of fused-ring (bicyclic) bond motifs is 1. The fraction of sp³-hybridized carbons (Fsp3) is 0.278. The summed E-state index contributed by atoms with van der Waals surface area (Å²) in [5.41, 5.74) is 5.30. The molecule has 1 aromatic heterocycles. The van der Waals surface area contributed by atoms with Gasteiger partial charge in [-0.05, 0) is 63.1 Å². The lowest BCUT2D eigenvalue weighted by atomic mass is 10.1. The van der Waals surface area contributed by atoms with E-state index in [0.29, 0.717) is 5.56 Å². The van der Waals surface area contributed by atoms with E-state index in [1.807, 2.05) is 48.9 Å². The molecule has 0 aliphatic heterocycles. The van der Waals surface area contributed by atoms with Gasteiger partial charge in [0.05, 0.1) is 5.52 Å². The summed E-state index contributed by atoms with van der Waals surface area (Å²) in [6, 6.07) is 11.6. The van der Waals surface area contributed by atoms with Gasteiger partial charge in [-0.3, -0.25) is 4.79 Å². The summed E-state index contributed by atoms with van der Waals surface area (Å²) in [5, 5.41) is 11.3. The highest BCUT2D eigenvalue weighted by molar-refractivity contribution is 6.06. The van der Waals surface area contributed by atoms with Crippen LogP contribution < -0.4 is 5.32 Å². The molecule has 3 rings (SSSR count). The standard InChI is InChI=1S/C18H20N4O/c1-11(2)22-17-9-8-14(10-16(17)20-21-22)18(23)19-15-7-5-6-12(3)13(15)4/h5-11H,1-4H3,(H,19,23). The van der Waals surface area contributed by atoms with Crippen LogP contribution in [-0.2, 0) is 0 Å². The Kier molecular flexibility index (Phi) is 3.86. The Labute approximate surface area is 135 Å². The third kappa shape index (κ3) is 2.82. The van der Waals surface area contributed by atoms with Crippen LogP contribution in [0.25, 0.3) is 11.0 Å². The molecule has 2 aromatic carbocycles. The van der Waals surface area contributed by atoms with Gasteiger partial charge in [-0.15, -0.1) is 5.10 Å². The van der Waals surface area contributed by atoms with Gasteiger partial charge in [-0.1, -0.05) is 17.3 Å². The number of carbonyl (C=O) groups is 1. The first-order chi connectivity index (χ1) is 11.0. The average molecular weight is 308 g/mol. The van der Waals surface area contributed by atoms with Gasteiger partial charge in [-0.25, -0.2) is 4.68 Å². The van der Waals surface area contributed by atoms with E-state index in [0.717, 1.165) is 27.8 Å². The summed E-state index contributed by atoms with van der Waals surface area (Å²) in [5.74, 6) is -0.139. The van der Waals surface area contributed by atoms with Crippen molar-refractivity contribution in [1.82, 2.24) is 15.0 Å². The predicted octanol–water partition coefficient (Wildman–Crippen LogP) is 3.88. The number of carbonyl (C=O) groups excluding carboxylic acids is 1. The molecule has 0 unspecified atom stereocenters. The number of aromatic nitrogens is 3. The molecular weight excluding hydrogens is 288 g/mol. The maximum Gasteiger partial charge on any atom is 0.255 e. The highest BCUT2D eigenvalue weighted by Crippen LogP contribution is 2.21. The third-order valence-corrected chi connectivity index (χ3v) is 4.08. The molecule has 118 valence electrons. The molecule has 23 heavy (non-hydrogen) atoms. The molecular formula is C18H20N4O. The van der Waals surface area contributed by atoms with Gasteiger partial charge in [0, 0.05) is 17.3 Å².